The van der Waals surface area contributed by atoms with Gasteiger partial charge in [-0.05, 0) is 43.5 Å². The maximum atomic E-state index is 14.0. The number of carbonyl (C=O) groups is 1. The van der Waals surface area contributed by atoms with Crippen LogP contribution in [0.1, 0.15) is 30.0 Å². The van der Waals surface area contributed by atoms with Gasteiger partial charge in [-0.3, -0.25) is 18.7 Å². The Kier molecular flexibility index (Phi) is 10.2. The number of aryl methyl sites for hydroxylation is 3. The summed E-state index contributed by atoms with van der Waals surface area (Å²) in [7, 11) is 6.48. The van der Waals surface area contributed by atoms with E-state index in [9.17, 15) is 18.8 Å². The number of hydrogen-bond donors (Lipinski definition) is 0. The largest absolute Gasteiger partial charge is 0.496 e. The molecule has 1 amide bonds. The Morgan fingerprint density at radius 1 is 1.07 bits per heavy atom. The van der Waals surface area contributed by atoms with Crippen molar-refractivity contribution in [1.82, 2.24) is 29.0 Å². The monoisotopic (exact) mass is 602 g/mol. The first-order valence-electron chi connectivity index (χ1n) is 13.4. The Bertz CT molecular complexity index is 1640. The number of amides is 1. The highest BCUT2D eigenvalue weighted by atomic mass is 32.1. The smallest absolute Gasteiger partial charge is 0.332 e. The second kappa shape index (κ2) is 13.9. The van der Waals surface area contributed by atoms with Crippen molar-refractivity contribution in [2.45, 2.75) is 38.8 Å². The van der Waals surface area contributed by atoms with Crippen molar-refractivity contribution in [3.8, 4) is 10.8 Å². The van der Waals surface area contributed by atoms with Crippen molar-refractivity contribution in [2.75, 3.05) is 48.1 Å². The van der Waals surface area contributed by atoms with E-state index in [1.807, 2.05) is 6.92 Å². The van der Waals surface area contributed by atoms with Crippen LogP contribution in [-0.2, 0) is 27.2 Å². The number of likely N-dealkylation sites (tertiary alicyclic amines) is 1. The number of halogens is 1. The number of hydrogen-bond acceptors (Lipinski definition) is 9. The van der Waals surface area contributed by atoms with Crippen molar-refractivity contribution in [3.05, 3.63) is 68.4 Å². The normalized spacial score (nSPS) is 15.1. The van der Waals surface area contributed by atoms with Gasteiger partial charge in [-0.25, -0.2) is 9.18 Å². The first-order valence-corrected chi connectivity index (χ1v) is 14.2. The van der Waals surface area contributed by atoms with Crippen molar-refractivity contribution in [3.63, 3.8) is 0 Å². The predicted octanol–water partition coefficient (Wildman–Crippen LogP) is 2.58. The lowest BCUT2D eigenvalue weighted by atomic mass is 10.1. The van der Waals surface area contributed by atoms with Gasteiger partial charge in [0, 0.05) is 46.3 Å². The molecule has 226 valence electrons. The number of likely N-dealkylation sites (N-methyl/N-ethyl adjacent to an activating group) is 1. The lowest BCUT2D eigenvalue weighted by Gasteiger charge is -2.30. The number of benzene rings is 1. The van der Waals surface area contributed by atoms with Crippen molar-refractivity contribution in [1.29, 1.82) is 0 Å². The van der Waals surface area contributed by atoms with Gasteiger partial charge >= 0.3 is 5.69 Å². The van der Waals surface area contributed by atoms with Crippen LogP contribution in [0.2, 0.25) is 0 Å². The molecule has 1 aliphatic rings. The van der Waals surface area contributed by atoms with Gasteiger partial charge in [-0.15, -0.1) is 4.80 Å². The third-order valence-corrected chi connectivity index (χ3v) is 8.40. The molecular weight excluding hydrogens is 567 g/mol. The van der Waals surface area contributed by atoms with Crippen LogP contribution in [0.25, 0.3) is 15.2 Å². The van der Waals surface area contributed by atoms with Crippen LogP contribution in [0.5, 0.6) is 5.75 Å². The third kappa shape index (κ3) is 6.45. The molecular formula is C28H35FN6O6S. The van der Waals surface area contributed by atoms with Crippen molar-refractivity contribution >= 4 is 27.5 Å². The van der Waals surface area contributed by atoms with Gasteiger partial charge in [-0.2, -0.15) is 10.2 Å². The van der Waals surface area contributed by atoms with E-state index in [-0.39, 0.29) is 25.4 Å². The number of fused-ring (bicyclic) bond motifs is 1. The quantitative estimate of drug-likeness (QED) is 0.268. The topological polar surface area (TPSA) is 123 Å². The van der Waals surface area contributed by atoms with Crippen molar-refractivity contribution < 1.29 is 23.4 Å². The number of rotatable bonds is 9. The summed E-state index contributed by atoms with van der Waals surface area (Å²) in [5.41, 5.74) is 0.425. The van der Waals surface area contributed by atoms with E-state index in [1.54, 1.807) is 49.2 Å². The standard InChI is InChI=1S/C24H25FN6O4S.C4H10O2/c1-14-20-21(33)30(17-5-7-19(32)28(2)13-17)24(34)29(23(20)36-22(14)31-26-9-10-27-31)11-8-15-12-16(25)4-6-18(15)35-3;1-5-3-4-6-2/h4,6,9-10,12,17H,5,7-8,11,13H2,1-3H3;3-4H2,1-2H3. The van der Waals surface area contributed by atoms with E-state index in [0.29, 0.717) is 58.1 Å². The van der Waals surface area contributed by atoms with Crippen molar-refractivity contribution in [2.24, 2.45) is 0 Å². The number of ether oxygens (including phenoxy) is 3. The number of thiophene rings is 1. The maximum absolute atomic E-state index is 14.0. The van der Waals surface area contributed by atoms with Crippen LogP contribution in [-0.4, -0.2) is 83.1 Å². The highest BCUT2D eigenvalue weighted by Crippen LogP contribution is 2.31. The van der Waals surface area contributed by atoms with E-state index >= 15 is 0 Å². The van der Waals surface area contributed by atoms with Gasteiger partial charge in [0.05, 0.1) is 44.1 Å². The molecule has 3 aromatic heterocycles. The molecule has 1 unspecified atom stereocenters. The Balaban J connectivity index is 0.000000612. The van der Waals surface area contributed by atoms with Gasteiger partial charge in [0.25, 0.3) is 5.56 Å². The summed E-state index contributed by atoms with van der Waals surface area (Å²) in [4.78, 5) is 43.1. The molecule has 1 atom stereocenters. The van der Waals surface area contributed by atoms with Gasteiger partial charge in [0.15, 0.2) is 0 Å². The number of piperidine rings is 1. The fourth-order valence-corrected chi connectivity index (χ4v) is 6.16. The second-order valence-corrected chi connectivity index (χ2v) is 10.8. The Hall–Kier alpha value is -3.88. The molecule has 12 nitrogen and oxygen atoms in total. The molecule has 0 spiro atoms. The van der Waals surface area contributed by atoms with Gasteiger partial charge in [0.1, 0.15) is 21.4 Å². The zero-order chi connectivity index (χ0) is 30.4. The van der Waals surface area contributed by atoms with E-state index < -0.39 is 23.1 Å². The average Bonchev–Trinajstić information content (AvgIpc) is 3.62. The first-order chi connectivity index (χ1) is 20.2. The minimum absolute atomic E-state index is 0.0161. The molecule has 1 fully saturated rings. The van der Waals surface area contributed by atoms with E-state index in [4.69, 9.17) is 4.74 Å². The minimum atomic E-state index is -0.461. The number of carbonyl (C=O) groups excluding carboxylic acids is 1. The molecule has 42 heavy (non-hydrogen) atoms. The lowest BCUT2D eigenvalue weighted by Crippen LogP contribution is -2.48. The number of aromatic nitrogens is 5. The predicted molar refractivity (Wildman–Crippen MR) is 156 cm³/mol. The molecule has 0 aliphatic carbocycles. The highest BCUT2D eigenvalue weighted by molar-refractivity contribution is 7.21. The molecule has 0 N–H and O–H groups in total. The molecule has 1 aromatic carbocycles. The highest BCUT2D eigenvalue weighted by Gasteiger charge is 2.29. The minimum Gasteiger partial charge on any atom is -0.496 e. The Labute approximate surface area is 245 Å². The van der Waals surface area contributed by atoms with Crippen LogP contribution in [0, 0.1) is 12.7 Å². The van der Waals surface area contributed by atoms with Gasteiger partial charge in [0.2, 0.25) is 5.91 Å². The molecule has 4 heterocycles. The maximum Gasteiger partial charge on any atom is 0.332 e. The zero-order valence-electron chi connectivity index (χ0n) is 24.3. The number of methoxy groups -OCH3 is 3. The van der Waals surface area contributed by atoms with Crippen LogP contribution in [0.15, 0.2) is 40.2 Å². The molecule has 0 saturated carbocycles. The SMILES string of the molecule is COCCOC.COc1ccc(F)cc1CCn1c(=O)n(C2CCC(=O)N(C)C2)c(=O)c2c(C)c(-n3nccn3)sc21. The Morgan fingerprint density at radius 2 is 1.76 bits per heavy atom. The van der Waals surface area contributed by atoms with Crippen LogP contribution in [0.3, 0.4) is 0 Å². The molecule has 1 aliphatic heterocycles. The second-order valence-electron chi connectivity index (χ2n) is 9.80. The van der Waals surface area contributed by atoms with Crippen LogP contribution >= 0.6 is 11.3 Å². The summed E-state index contributed by atoms with van der Waals surface area (Å²) in [6, 6.07) is 3.81. The summed E-state index contributed by atoms with van der Waals surface area (Å²) in [5.74, 6) is 0.102. The summed E-state index contributed by atoms with van der Waals surface area (Å²) in [6.07, 6.45) is 4.05. The van der Waals surface area contributed by atoms with Crippen LogP contribution < -0.4 is 16.0 Å². The molecule has 14 heteroatoms. The molecule has 4 aromatic rings. The summed E-state index contributed by atoms with van der Waals surface area (Å²) in [6.45, 7) is 3.66. The average molecular weight is 603 g/mol. The van der Waals surface area contributed by atoms with Crippen LogP contribution in [0.4, 0.5) is 4.39 Å². The zero-order valence-corrected chi connectivity index (χ0v) is 25.1. The molecule has 1 saturated heterocycles. The third-order valence-electron chi connectivity index (χ3n) is 7.12. The molecule has 5 rings (SSSR count). The fourth-order valence-electron chi connectivity index (χ4n) is 4.93. The van der Waals surface area contributed by atoms with E-state index in [0.717, 1.165) is 0 Å². The fraction of sp³-hybridized carbons (Fsp3) is 0.464. The lowest BCUT2D eigenvalue weighted by molar-refractivity contribution is -0.133. The summed E-state index contributed by atoms with van der Waals surface area (Å²) >= 11 is 1.26. The van der Waals surface area contributed by atoms with E-state index in [2.05, 4.69) is 19.7 Å². The van der Waals surface area contributed by atoms with E-state index in [1.165, 1.54) is 39.9 Å². The molecule has 0 bridgehead atoms. The Morgan fingerprint density at radius 3 is 2.38 bits per heavy atom. The number of nitrogens with zero attached hydrogens (tertiary/aromatic N) is 6. The summed E-state index contributed by atoms with van der Waals surface area (Å²) in [5, 5.41) is 9.45. The molecule has 0 radical (unpaired) electrons. The first kappa shape index (κ1) is 31.1. The summed E-state index contributed by atoms with van der Waals surface area (Å²) < 4.78 is 31.5. The van der Waals surface area contributed by atoms with Gasteiger partial charge in [-0.1, -0.05) is 11.3 Å². The van der Waals surface area contributed by atoms with Gasteiger partial charge < -0.3 is 19.1 Å².